The maximum atomic E-state index is 3.53. The van der Waals surface area contributed by atoms with Gasteiger partial charge in [-0.1, -0.05) is 67.4 Å². The van der Waals surface area contributed by atoms with Gasteiger partial charge < -0.3 is 5.32 Å². The fourth-order valence-corrected chi connectivity index (χ4v) is 5.18. The Kier molecular flexibility index (Phi) is 3.63. The largest absolute Gasteiger partial charge is 0.314 e. The summed E-state index contributed by atoms with van der Waals surface area (Å²) in [5.41, 5.74) is 1.55. The van der Waals surface area contributed by atoms with E-state index >= 15 is 0 Å². The third-order valence-corrected chi connectivity index (χ3v) is 6.77. The number of piperazine rings is 1. The van der Waals surface area contributed by atoms with Crippen LogP contribution in [0.5, 0.6) is 0 Å². The molecule has 0 aromatic heterocycles. The Labute approximate surface area is 160 Å². The summed E-state index contributed by atoms with van der Waals surface area (Å²) in [5, 5.41) is 12.0. The van der Waals surface area contributed by atoms with Gasteiger partial charge in [-0.3, -0.25) is 4.90 Å². The summed E-state index contributed by atoms with van der Waals surface area (Å²) in [6.07, 6.45) is 4.17. The van der Waals surface area contributed by atoms with E-state index in [4.69, 9.17) is 0 Å². The maximum absolute atomic E-state index is 3.53. The molecule has 1 saturated carbocycles. The van der Waals surface area contributed by atoms with Gasteiger partial charge in [-0.25, -0.2) is 0 Å². The minimum absolute atomic E-state index is 0.559. The smallest absolute Gasteiger partial charge is 0.0358 e. The Morgan fingerprint density at radius 1 is 0.815 bits per heavy atom. The van der Waals surface area contributed by atoms with Crippen LogP contribution in [0.25, 0.3) is 32.3 Å². The van der Waals surface area contributed by atoms with Gasteiger partial charge in [-0.2, -0.15) is 0 Å². The van der Waals surface area contributed by atoms with Crippen molar-refractivity contribution in [2.75, 3.05) is 26.2 Å². The number of hydrogen-bond donors (Lipinski definition) is 1. The molecule has 1 aliphatic carbocycles. The van der Waals surface area contributed by atoms with Gasteiger partial charge >= 0.3 is 0 Å². The number of rotatable bonds is 4. The summed E-state index contributed by atoms with van der Waals surface area (Å²) < 4.78 is 0. The molecule has 6 rings (SSSR count). The highest BCUT2D eigenvalue weighted by atomic mass is 15.2. The lowest BCUT2D eigenvalue weighted by atomic mass is 9.88. The van der Waals surface area contributed by atoms with E-state index in [1.54, 1.807) is 5.56 Å². The van der Waals surface area contributed by atoms with Crippen molar-refractivity contribution < 1.29 is 0 Å². The third kappa shape index (κ3) is 2.62. The van der Waals surface area contributed by atoms with Gasteiger partial charge in [-0.15, -0.1) is 0 Å². The van der Waals surface area contributed by atoms with E-state index in [2.05, 4.69) is 64.8 Å². The van der Waals surface area contributed by atoms with Gasteiger partial charge in [0.25, 0.3) is 0 Å². The molecular weight excluding hydrogens is 328 g/mol. The molecule has 2 fully saturated rings. The average Bonchev–Trinajstić information content (AvgIpc) is 3.55. The Balaban J connectivity index is 1.58. The molecule has 136 valence electrons. The van der Waals surface area contributed by atoms with E-state index in [1.807, 2.05) is 0 Å². The van der Waals surface area contributed by atoms with Crippen LogP contribution in [-0.2, 0) is 0 Å². The van der Waals surface area contributed by atoms with Crippen molar-refractivity contribution in [1.82, 2.24) is 10.2 Å². The Bertz CT molecular complexity index is 1090. The summed E-state index contributed by atoms with van der Waals surface area (Å²) in [4.78, 5) is 2.74. The van der Waals surface area contributed by atoms with Crippen molar-refractivity contribution in [2.45, 2.75) is 25.3 Å². The number of benzene rings is 4. The van der Waals surface area contributed by atoms with E-state index < -0.39 is 0 Å². The average molecular weight is 354 g/mol. The normalized spacial score (nSPS) is 20.0. The van der Waals surface area contributed by atoms with Crippen molar-refractivity contribution in [3.05, 3.63) is 60.2 Å². The van der Waals surface area contributed by atoms with E-state index in [1.165, 1.54) is 64.7 Å². The molecule has 0 unspecified atom stereocenters. The summed E-state index contributed by atoms with van der Waals surface area (Å²) >= 11 is 0. The highest BCUT2D eigenvalue weighted by Crippen LogP contribution is 2.44. The van der Waals surface area contributed by atoms with Crippen molar-refractivity contribution in [3.8, 4) is 0 Å². The number of nitrogens with one attached hydrogen (secondary N) is 1. The van der Waals surface area contributed by atoms with Crippen molar-refractivity contribution in [3.63, 3.8) is 0 Å². The van der Waals surface area contributed by atoms with Gasteiger partial charge in [0.15, 0.2) is 0 Å². The second kappa shape index (κ2) is 6.19. The molecule has 0 amide bonds. The monoisotopic (exact) mass is 354 g/mol. The molecule has 0 bridgehead atoms. The molecule has 2 aliphatic rings. The fourth-order valence-electron chi connectivity index (χ4n) is 5.18. The van der Waals surface area contributed by atoms with Crippen LogP contribution < -0.4 is 5.32 Å². The highest BCUT2D eigenvalue weighted by molar-refractivity contribution is 6.23. The molecule has 2 nitrogen and oxygen atoms in total. The lowest BCUT2D eigenvalue weighted by molar-refractivity contribution is 0.161. The van der Waals surface area contributed by atoms with Crippen LogP contribution in [0.3, 0.4) is 0 Å². The minimum Gasteiger partial charge on any atom is -0.314 e. The number of nitrogens with zero attached hydrogens (tertiary/aromatic N) is 1. The van der Waals surface area contributed by atoms with E-state index in [0.29, 0.717) is 6.04 Å². The summed E-state index contributed by atoms with van der Waals surface area (Å²) in [7, 11) is 0. The van der Waals surface area contributed by atoms with Gasteiger partial charge in [-0.05, 0) is 50.2 Å². The Morgan fingerprint density at radius 3 is 2.22 bits per heavy atom. The van der Waals surface area contributed by atoms with Gasteiger partial charge in [0.1, 0.15) is 0 Å². The lowest BCUT2D eigenvalue weighted by Crippen LogP contribution is -2.45. The first-order valence-electron chi connectivity index (χ1n) is 10.5. The standard InChI is InChI=1S/C25H26N2/c1-2-18-6-7-20-8-10-21(22-11-9-19(3-1)24(18)25(20)22)23(16-17-4-5-17)27-14-12-26-13-15-27/h1-3,6-11,17,23,26H,4-5,12-16H2/t23-/m1/s1. The van der Waals surface area contributed by atoms with Crippen LogP contribution in [0.1, 0.15) is 30.9 Å². The molecule has 1 N–H and O–H groups in total. The summed E-state index contributed by atoms with van der Waals surface area (Å²) in [6.45, 7) is 4.57. The zero-order valence-electron chi connectivity index (χ0n) is 15.7. The summed E-state index contributed by atoms with van der Waals surface area (Å²) in [5.74, 6) is 0.934. The van der Waals surface area contributed by atoms with Gasteiger partial charge in [0, 0.05) is 32.2 Å². The zero-order chi connectivity index (χ0) is 17.8. The molecule has 1 aliphatic heterocycles. The number of hydrogen-bond acceptors (Lipinski definition) is 2. The first-order valence-corrected chi connectivity index (χ1v) is 10.5. The SMILES string of the molecule is c1cc2ccc3ccc([C@@H](CC4CC4)N4CCNCC4)c4ccc(c1)c2c34. The third-order valence-electron chi connectivity index (χ3n) is 6.77. The van der Waals surface area contributed by atoms with Gasteiger partial charge in [0.2, 0.25) is 0 Å². The van der Waals surface area contributed by atoms with Crippen LogP contribution in [-0.4, -0.2) is 31.1 Å². The molecule has 1 heterocycles. The van der Waals surface area contributed by atoms with Gasteiger partial charge in [0.05, 0.1) is 0 Å². The van der Waals surface area contributed by atoms with Crippen LogP contribution in [0.4, 0.5) is 0 Å². The van der Waals surface area contributed by atoms with Crippen LogP contribution in [0.15, 0.2) is 54.6 Å². The predicted octanol–water partition coefficient (Wildman–Crippen LogP) is 5.33. The quantitative estimate of drug-likeness (QED) is 0.498. The predicted molar refractivity (Wildman–Crippen MR) is 115 cm³/mol. The molecule has 4 aromatic carbocycles. The fraction of sp³-hybridized carbons (Fsp3) is 0.360. The minimum atomic E-state index is 0.559. The molecule has 2 heteroatoms. The van der Waals surface area contributed by atoms with Crippen LogP contribution in [0.2, 0.25) is 0 Å². The second-order valence-electron chi connectivity index (χ2n) is 8.49. The summed E-state index contributed by atoms with van der Waals surface area (Å²) in [6, 6.07) is 21.3. The molecule has 0 radical (unpaired) electrons. The molecule has 27 heavy (non-hydrogen) atoms. The maximum Gasteiger partial charge on any atom is 0.0358 e. The highest BCUT2D eigenvalue weighted by Gasteiger charge is 2.31. The molecular formula is C25H26N2. The first kappa shape index (κ1) is 15.9. The Hall–Kier alpha value is -2.16. The van der Waals surface area contributed by atoms with E-state index in [9.17, 15) is 0 Å². The van der Waals surface area contributed by atoms with E-state index in [-0.39, 0.29) is 0 Å². The molecule has 1 saturated heterocycles. The van der Waals surface area contributed by atoms with Crippen molar-refractivity contribution in [1.29, 1.82) is 0 Å². The Morgan fingerprint density at radius 2 is 1.48 bits per heavy atom. The zero-order valence-corrected chi connectivity index (χ0v) is 15.7. The molecule has 0 spiro atoms. The molecule has 1 atom stereocenters. The van der Waals surface area contributed by atoms with E-state index in [0.717, 1.165) is 19.0 Å². The van der Waals surface area contributed by atoms with Crippen molar-refractivity contribution in [2.24, 2.45) is 5.92 Å². The molecule has 4 aromatic rings. The lowest BCUT2D eigenvalue weighted by Gasteiger charge is -2.36. The van der Waals surface area contributed by atoms with Crippen LogP contribution >= 0.6 is 0 Å². The topological polar surface area (TPSA) is 15.3 Å². The van der Waals surface area contributed by atoms with Crippen LogP contribution in [0, 0.1) is 5.92 Å². The second-order valence-corrected chi connectivity index (χ2v) is 8.49. The van der Waals surface area contributed by atoms with Crippen molar-refractivity contribution >= 4 is 32.3 Å². The first-order chi connectivity index (χ1) is 13.4.